The van der Waals surface area contributed by atoms with Gasteiger partial charge in [0.15, 0.2) is 0 Å². The molecule has 0 spiro atoms. The molecule has 0 aromatic heterocycles. The Morgan fingerprint density at radius 2 is 1.38 bits per heavy atom. The summed E-state index contributed by atoms with van der Waals surface area (Å²) in [6.45, 7) is 11.0. The summed E-state index contributed by atoms with van der Waals surface area (Å²) < 4.78 is 5.36. The number of ether oxygens (including phenoxy) is 1. The number of aryl methyl sites for hydroxylation is 3. The number of rotatable bonds is 19. The number of nitrogens with zero attached hydrogens (tertiary/aromatic N) is 2. The summed E-state index contributed by atoms with van der Waals surface area (Å²) in [7, 11) is 0. The van der Waals surface area contributed by atoms with Crippen LogP contribution in [-0.4, -0.2) is 34.3 Å². The lowest BCUT2D eigenvalue weighted by molar-refractivity contribution is -0.134. The van der Waals surface area contributed by atoms with Crippen molar-refractivity contribution in [3.05, 3.63) is 70.3 Å². The molecule has 6 heteroatoms. The van der Waals surface area contributed by atoms with Crippen LogP contribution in [0.1, 0.15) is 120 Å². The third-order valence-corrected chi connectivity index (χ3v) is 8.54. The molecule has 0 saturated carbocycles. The van der Waals surface area contributed by atoms with Crippen LogP contribution in [-0.2, 0) is 40.1 Å². The number of thioether (sulfide) groups is 1. The van der Waals surface area contributed by atoms with Crippen LogP contribution >= 0.6 is 11.8 Å². The lowest BCUT2D eigenvalue weighted by atomic mass is 9.92. The van der Waals surface area contributed by atoms with E-state index in [1.54, 1.807) is 6.92 Å². The molecule has 0 aliphatic heterocycles. The molecule has 0 atom stereocenters. The fourth-order valence-corrected chi connectivity index (χ4v) is 6.07. The van der Waals surface area contributed by atoms with Crippen molar-refractivity contribution in [3.8, 4) is 0 Å². The van der Waals surface area contributed by atoms with Gasteiger partial charge >= 0.3 is 5.97 Å². The molecule has 2 rings (SSSR count). The maximum atomic E-state index is 13.9. The highest BCUT2D eigenvalue weighted by Gasteiger charge is 2.22. The van der Waals surface area contributed by atoms with Gasteiger partial charge in [-0.2, -0.15) is 5.10 Å². The molecule has 0 heterocycles. The highest BCUT2D eigenvalue weighted by molar-refractivity contribution is 8.15. The Morgan fingerprint density at radius 3 is 1.93 bits per heavy atom. The van der Waals surface area contributed by atoms with E-state index in [4.69, 9.17) is 4.74 Å². The summed E-state index contributed by atoms with van der Waals surface area (Å²) in [5.74, 6) is 0.201. The Morgan fingerprint density at radius 1 is 0.810 bits per heavy atom. The number of hydrazone groups is 1. The van der Waals surface area contributed by atoms with Crippen molar-refractivity contribution in [3.63, 3.8) is 0 Å². The Kier molecular flexibility index (Phi) is 17.9. The first kappa shape index (κ1) is 35.6. The van der Waals surface area contributed by atoms with Crippen molar-refractivity contribution in [1.29, 1.82) is 0 Å². The van der Waals surface area contributed by atoms with Crippen molar-refractivity contribution in [2.24, 2.45) is 5.10 Å². The van der Waals surface area contributed by atoms with Crippen molar-refractivity contribution >= 4 is 28.7 Å². The normalized spacial score (nSPS) is 11.5. The third-order valence-electron chi connectivity index (χ3n) is 7.53. The van der Waals surface area contributed by atoms with Crippen LogP contribution < -0.4 is 0 Å². The van der Waals surface area contributed by atoms with Gasteiger partial charge in [0.1, 0.15) is 0 Å². The number of amides is 1. The van der Waals surface area contributed by atoms with Gasteiger partial charge in [-0.3, -0.25) is 4.79 Å². The average molecular weight is 595 g/mol. The van der Waals surface area contributed by atoms with Gasteiger partial charge in [0.05, 0.1) is 19.6 Å². The van der Waals surface area contributed by atoms with Crippen LogP contribution in [0.3, 0.4) is 0 Å². The molecular weight excluding hydrogens is 540 g/mol. The predicted octanol–water partition coefficient (Wildman–Crippen LogP) is 9.22. The summed E-state index contributed by atoms with van der Waals surface area (Å²) in [5, 5.41) is 6.42. The van der Waals surface area contributed by atoms with Crippen LogP contribution in [0.2, 0.25) is 0 Å². The zero-order valence-electron chi connectivity index (χ0n) is 26.9. The first-order valence-electron chi connectivity index (χ1n) is 16.3. The van der Waals surface area contributed by atoms with Crippen LogP contribution in [0.25, 0.3) is 0 Å². The molecule has 2 aromatic rings. The molecule has 1 amide bonds. The van der Waals surface area contributed by atoms with E-state index in [0.29, 0.717) is 6.54 Å². The van der Waals surface area contributed by atoms with Gasteiger partial charge in [0.2, 0.25) is 11.0 Å². The molecule has 0 bridgehead atoms. The smallest absolute Gasteiger partial charge is 0.365 e. The molecule has 0 N–H and O–H groups in total. The lowest BCUT2D eigenvalue weighted by Gasteiger charge is -2.21. The summed E-state index contributed by atoms with van der Waals surface area (Å²) in [6, 6.07) is 14.2. The number of hydrogen-bond donors (Lipinski definition) is 0. The van der Waals surface area contributed by atoms with E-state index in [-0.39, 0.29) is 24.0 Å². The molecule has 0 radical (unpaired) electrons. The van der Waals surface area contributed by atoms with E-state index in [2.05, 4.69) is 44.9 Å². The molecule has 232 valence electrons. The molecule has 42 heavy (non-hydrogen) atoms. The number of carbonyl (C=O) groups is 2. The fraction of sp³-hybridized carbons (Fsp3) is 0.583. The molecule has 2 aromatic carbocycles. The highest BCUT2D eigenvalue weighted by atomic mass is 32.2. The van der Waals surface area contributed by atoms with Crippen LogP contribution in [0.4, 0.5) is 0 Å². The van der Waals surface area contributed by atoms with Crippen LogP contribution in [0.5, 0.6) is 0 Å². The number of unbranched alkanes of at least 4 members (excludes halogenated alkanes) is 9. The van der Waals surface area contributed by atoms with E-state index in [1.807, 2.05) is 30.3 Å². The highest BCUT2D eigenvalue weighted by Crippen LogP contribution is 2.22. The zero-order chi connectivity index (χ0) is 30.6. The average Bonchev–Trinajstić information content (AvgIpc) is 2.99. The Balaban J connectivity index is 2.15. The number of carbonyl (C=O) groups excluding carboxylic acids is 2. The van der Waals surface area contributed by atoms with E-state index in [0.717, 1.165) is 42.6 Å². The molecular formula is C36H54N2O3S. The van der Waals surface area contributed by atoms with Crippen molar-refractivity contribution in [1.82, 2.24) is 5.01 Å². The topological polar surface area (TPSA) is 59.0 Å². The van der Waals surface area contributed by atoms with E-state index in [9.17, 15) is 9.59 Å². The fourth-order valence-electron chi connectivity index (χ4n) is 5.20. The molecule has 0 aliphatic carbocycles. The van der Waals surface area contributed by atoms with Gasteiger partial charge in [-0.1, -0.05) is 138 Å². The number of esters is 1. The molecule has 0 saturated heterocycles. The van der Waals surface area contributed by atoms with Crippen LogP contribution in [0, 0.1) is 6.92 Å². The maximum Gasteiger partial charge on any atom is 0.365 e. The second kappa shape index (κ2) is 21.1. The molecule has 0 aliphatic rings. The van der Waals surface area contributed by atoms with Gasteiger partial charge in [-0.15, -0.1) is 0 Å². The van der Waals surface area contributed by atoms with Gasteiger partial charge < -0.3 is 4.74 Å². The molecule has 0 unspecified atom stereocenters. The second-order valence-corrected chi connectivity index (χ2v) is 12.1. The SMILES string of the molecule is CCCCCCCCCCCCS/C(=N\N(Cc1ccccc1)C(=O)Cc1c(CC)cc(C)cc1CC)C(=O)OCC. The summed E-state index contributed by atoms with van der Waals surface area (Å²) in [6.07, 6.45) is 14.6. The Labute approximate surface area is 259 Å². The minimum atomic E-state index is -0.459. The van der Waals surface area contributed by atoms with E-state index < -0.39 is 5.97 Å². The summed E-state index contributed by atoms with van der Waals surface area (Å²) in [5.41, 5.74) is 5.66. The quantitative estimate of drug-likeness (QED) is 0.0535. The Bertz CT molecular complexity index is 1080. The lowest BCUT2D eigenvalue weighted by Crippen LogP contribution is -2.30. The Hall–Kier alpha value is -2.60. The summed E-state index contributed by atoms with van der Waals surface area (Å²) >= 11 is 1.41. The summed E-state index contributed by atoms with van der Waals surface area (Å²) in [4.78, 5) is 26.8. The number of hydrogen-bond acceptors (Lipinski definition) is 5. The van der Waals surface area contributed by atoms with Crippen molar-refractivity contribution < 1.29 is 14.3 Å². The van der Waals surface area contributed by atoms with E-state index >= 15 is 0 Å². The monoisotopic (exact) mass is 594 g/mol. The first-order valence-corrected chi connectivity index (χ1v) is 17.3. The van der Waals surface area contributed by atoms with Gasteiger partial charge in [-0.05, 0) is 61.1 Å². The van der Waals surface area contributed by atoms with Crippen LogP contribution in [0.15, 0.2) is 47.6 Å². The van der Waals surface area contributed by atoms with Gasteiger partial charge in [-0.25, -0.2) is 9.80 Å². The van der Waals surface area contributed by atoms with Crippen molar-refractivity contribution in [2.45, 2.75) is 125 Å². The van der Waals surface area contributed by atoms with E-state index in [1.165, 1.54) is 84.8 Å². The minimum absolute atomic E-state index is 0.117. The maximum absolute atomic E-state index is 13.9. The molecule has 5 nitrogen and oxygen atoms in total. The number of benzene rings is 2. The second-order valence-electron chi connectivity index (χ2n) is 11.0. The zero-order valence-corrected chi connectivity index (χ0v) is 27.7. The first-order chi connectivity index (χ1) is 20.4. The predicted molar refractivity (Wildman–Crippen MR) is 179 cm³/mol. The van der Waals surface area contributed by atoms with Gasteiger partial charge in [0.25, 0.3) is 0 Å². The third kappa shape index (κ3) is 13.1. The van der Waals surface area contributed by atoms with Crippen molar-refractivity contribution in [2.75, 3.05) is 12.4 Å². The minimum Gasteiger partial charge on any atom is -0.461 e. The standard InChI is InChI=1S/C36H54N2O3S/c1-6-10-11-12-13-14-15-16-17-21-24-42-35(36(40)41-9-4)37-38(28-30-22-19-18-20-23-30)34(39)27-33-31(7-2)25-29(5)26-32(33)8-3/h18-20,22-23,25-26H,6-17,21,24,27-28H2,1-5H3/b37-35-. The van der Waals surface area contributed by atoms with Gasteiger partial charge in [0, 0.05) is 0 Å². The largest absolute Gasteiger partial charge is 0.461 e. The molecule has 0 fully saturated rings.